The summed E-state index contributed by atoms with van der Waals surface area (Å²) in [6.07, 6.45) is 1.55. The molecule has 0 fully saturated rings. The van der Waals surface area contributed by atoms with E-state index in [1.165, 1.54) is 11.3 Å². The van der Waals surface area contributed by atoms with Crippen LogP contribution in [0.5, 0.6) is 0 Å². The lowest BCUT2D eigenvalue weighted by Crippen LogP contribution is -2.14. The number of thiazole rings is 1. The highest BCUT2D eigenvalue weighted by atomic mass is 35.5. The van der Waals surface area contributed by atoms with Gasteiger partial charge in [0.15, 0.2) is 0 Å². The summed E-state index contributed by atoms with van der Waals surface area (Å²) in [7, 11) is 0. The molecule has 144 valence electrons. The molecule has 0 radical (unpaired) electrons. The van der Waals surface area contributed by atoms with Crippen LogP contribution < -0.4 is 5.32 Å². The molecule has 0 aliphatic rings. The topological polar surface area (TPSA) is 67.8 Å². The van der Waals surface area contributed by atoms with E-state index in [1.807, 2.05) is 6.07 Å². The molecule has 2 heterocycles. The van der Waals surface area contributed by atoms with Gasteiger partial charge < -0.3 is 5.32 Å². The van der Waals surface area contributed by atoms with Gasteiger partial charge in [-0.2, -0.15) is 0 Å². The van der Waals surface area contributed by atoms with Crippen LogP contribution in [-0.2, 0) is 0 Å². The Hall–Kier alpha value is -3.23. The highest BCUT2D eigenvalue weighted by Crippen LogP contribution is 2.34. The van der Waals surface area contributed by atoms with E-state index in [1.54, 1.807) is 36.0 Å². The van der Waals surface area contributed by atoms with Crippen LogP contribution >= 0.6 is 22.9 Å². The molecule has 5 nitrogen and oxygen atoms in total. The second kappa shape index (κ2) is 8.02. The third-order valence-corrected chi connectivity index (χ3v) is 5.02. The molecule has 0 unspecified atom stereocenters. The van der Waals surface area contributed by atoms with Crippen molar-refractivity contribution in [3.05, 3.63) is 82.7 Å². The molecule has 1 N–H and O–H groups in total. The average Bonchev–Trinajstić information content (AvgIpc) is 3.20. The second-order valence-corrected chi connectivity index (χ2v) is 7.09. The molecule has 0 aliphatic carbocycles. The number of hydrogen-bond donors (Lipinski definition) is 1. The smallest absolute Gasteiger partial charge is 0.258 e. The summed E-state index contributed by atoms with van der Waals surface area (Å²) in [6, 6.07) is 11.3. The van der Waals surface area contributed by atoms with E-state index in [4.69, 9.17) is 11.6 Å². The van der Waals surface area contributed by atoms with Gasteiger partial charge in [0.25, 0.3) is 5.91 Å². The molecule has 0 saturated heterocycles. The van der Waals surface area contributed by atoms with Gasteiger partial charge in [-0.3, -0.25) is 4.79 Å². The number of anilines is 1. The van der Waals surface area contributed by atoms with Crippen molar-refractivity contribution < 1.29 is 13.6 Å². The van der Waals surface area contributed by atoms with Crippen molar-refractivity contribution in [2.45, 2.75) is 0 Å². The predicted octanol–water partition coefficient (Wildman–Crippen LogP) is 5.45. The molecule has 2 aromatic heterocycles. The summed E-state index contributed by atoms with van der Waals surface area (Å²) in [5.74, 6) is -2.25. The number of halogens is 3. The van der Waals surface area contributed by atoms with Gasteiger partial charge in [-0.25, -0.2) is 23.7 Å². The third-order valence-electron chi connectivity index (χ3n) is 3.99. The Bertz CT molecular complexity index is 1210. The standard InChI is InChI=1S/C20H11ClF2N4OS/c21-20-24-7-6-16(27-20)18-17(25-10-29-18)11-2-1-3-13(8-11)26-19(28)14-9-12(22)4-5-15(14)23/h1-10H,(H,26,28). The maximum atomic E-state index is 13.8. The first kappa shape index (κ1) is 19.1. The average molecular weight is 429 g/mol. The van der Waals surface area contributed by atoms with E-state index in [2.05, 4.69) is 20.3 Å². The molecule has 0 aliphatic heterocycles. The molecule has 4 aromatic rings. The van der Waals surface area contributed by atoms with Crippen molar-refractivity contribution >= 4 is 34.5 Å². The van der Waals surface area contributed by atoms with Gasteiger partial charge in [-0.15, -0.1) is 11.3 Å². The van der Waals surface area contributed by atoms with Crippen LogP contribution in [0.1, 0.15) is 10.4 Å². The summed E-state index contributed by atoms with van der Waals surface area (Å²) in [6.45, 7) is 0. The monoisotopic (exact) mass is 428 g/mol. The number of rotatable bonds is 4. The predicted molar refractivity (Wildman–Crippen MR) is 108 cm³/mol. The molecule has 0 bridgehead atoms. The zero-order chi connectivity index (χ0) is 20.4. The summed E-state index contributed by atoms with van der Waals surface area (Å²) >= 11 is 7.27. The fourth-order valence-electron chi connectivity index (χ4n) is 2.71. The van der Waals surface area contributed by atoms with Crippen molar-refractivity contribution in [2.24, 2.45) is 0 Å². The number of nitrogens with zero attached hydrogens (tertiary/aromatic N) is 3. The van der Waals surface area contributed by atoms with E-state index in [-0.39, 0.29) is 10.8 Å². The van der Waals surface area contributed by atoms with Gasteiger partial charge in [-0.1, -0.05) is 12.1 Å². The number of hydrogen-bond acceptors (Lipinski definition) is 5. The molecule has 2 aromatic carbocycles. The highest BCUT2D eigenvalue weighted by molar-refractivity contribution is 7.13. The Morgan fingerprint density at radius 2 is 1.93 bits per heavy atom. The minimum Gasteiger partial charge on any atom is -0.322 e. The molecular formula is C20H11ClF2N4OS. The number of benzene rings is 2. The van der Waals surface area contributed by atoms with E-state index in [0.29, 0.717) is 22.6 Å². The normalized spacial score (nSPS) is 10.7. The van der Waals surface area contributed by atoms with Crippen LogP contribution in [0.2, 0.25) is 5.28 Å². The van der Waals surface area contributed by atoms with E-state index < -0.39 is 17.5 Å². The van der Waals surface area contributed by atoms with E-state index >= 15 is 0 Å². The molecule has 1 amide bonds. The van der Waals surface area contributed by atoms with Gasteiger partial charge in [0, 0.05) is 17.4 Å². The third kappa shape index (κ3) is 4.13. The Morgan fingerprint density at radius 1 is 1.07 bits per heavy atom. The van der Waals surface area contributed by atoms with Crippen LogP contribution in [0.25, 0.3) is 21.8 Å². The number of nitrogens with one attached hydrogen (secondary N) is 1. The van der Waals surface area contributed by atoms with Crippen molar-refractivity contribution in [2.75, 3.05) is 5.32 Å². The molecule has 0 spiro atoms. The Labute approximate surface area is 173 Å². The van der Waals surface area contributed by atoms with E-state index in [0.717, 1.165) is 23.1 Å². The number of aromatic nitrogens is 3. The van der Waals surface area contributed by atoms with Crippen molar-refractivity contribution in [3.8, 4) is 21.8 Å². The fourth-order valence-corrected chi connectivity index (χ4v) is 3.64. The van der Waals surface area contributed by atoms with Crippen molar-refractivity contribution in [1.29, 1.82) is 0 Å². The second-order valence-electron chi connectivity index (χ2n) is 5.90. The lowest BCUT2D eigenvalue weighted by atomic mass is 10.1. The van der Waals surface area contributed by atoms with Crippen LogP contribution in [0.4, 0.5) is 14.5 Å². The van der Waals surface area contributed by atoms with Crippen LogP contribution in [-0.4, -0.2) is 20.9 Å². The van der Waals surface area contributed by atoms with Crippen molar-refractivity contribution in [3.63, 3.8) is 0 Å². The maximum absolute atomic E-state index is 13.8. The van der Waals surface area contributed by atoms with Crippen molar-refractivity contribution in [1.82, 2.24) is 15.0 Å². The lowest BCUT2D eigenvalue weighted by molar-refractivity contribution is 0.102. The molecule has 0 saturated carbocycles. The van der Waals surface area contributed by atoms with Crippen LogP contribution in [0.3, 0.4) is 0 Å². The van der Waals surface area contributed by atoms with E-state index in [9.17, 15) is 13.6 Å². The Morgan fingerprint density at radius 3 is 2.76 bits per heavy atom. The molecule has 29 heavy (non-hydrogen) atoms. The van der Waals surface area contributed by atoms with Gasteiger partial charge >= 0.3 is 0 Å². The number of carbonyl (C=O) groups excluding carboxylic acids is 1. The Balaban J connectivity index is 1.65. The van der Waals surface area contributed by atoms with Crippen LogP contribution in [0, 0.1) is 11.6 Å². The number of carbonyl (C=O) groups is 1. The summed E-state index contributed by atoms with van der Waals surface area (Å²) in [4.78, 5) is 25.6. The zero-order valence-corrected chi connectivity index (χ0v) is 16.1. The summed E-state index contributed by atoms with van der Waals surface area (Å²) in [5, 5.41) is 2.71. The lowest BCUT2D eigenvalue weighted by Gasteiger charge is -2.08. The quantitative estimate of drug-likeness (QED) is 0.439. The first-order valence-corrected chi connectivity index (χ1v) is 9.56. The minimum atomic E-state index is -0.803. The van der Waals surface area contributed by atoms with Gasteiger partial charge in [0.1, 0.15) is 11.6 Å². The first-order valence-electron chi connectivity index (χ1n) is 8.30. The van der Waals surface area contributed by atoms with Gasteiger partial charge in [0.2, 0.25) is 5.28 Å². The molecule has 0 atom stereocenters. The van der Waals surface area contributed by atoms with Gasteiger partial charge in [0.05, 0.1) is 27.3 Å². The largest absolute Gasteiger partial charge is 0.322 e. The summed E-state index contributed by atoms with van der Waals surface area (Å²) in [5.41, 5.74) is 3.70. The first-order chi connectivity index (χ1) is 14.0. The minimum absolute atomic E-state index is 0.125. The number of amides is 1. The fraction of sp³-hybridized carbons (Fsp3) is 0. The molecular weight excluding hydrogens is 418 g/mol. The SMILES string of the molecule is O=C(Nc1cccc(-c2ncsc2-c2ccnc(Cl)n2)c1)c1cc(F)ccc1F. The molecule has 4 rings (SSSR count). The Kier molecular flexibility index (Phi) is 5.28. The van der Waals surface area contributed by atoms with Gasteiger partial charge in [-0.05, 0) is 48.0 Å². The summed E-state index contributed by atoms with van der Waals surface area (Å²) < 4.78 is 27.2. The highest BCUT2D eigenvalue weighted by Gasteiger charge is 2.16. The molecule has 9 heteroatoms. The van der Waals surface area contributed by atoms with Crippen LogP contribution in [0.15, 0.2) is 60.2 Å². The zero-order valence-electron chi connectivity index (χ0n) is 14.6. The maximum Gasteiger partial charge on any atom is 0.258 e.